The van der Waals surface area contributed by atoms with Crippen molar-refractivity contribution in [1.82, 2.24) is 5.43 Å². The Bertz CT molecular complexity index is 404. The zero-order chi connectivity index (χ0) is 12.9. The van der Waals surface area contributed by atoms with Crippen LogP contribution in [0.1, 0.15) is 27.7 Å². The van der Waals surface area contributed by atoms with Gasteiger partial charge in [-0.15, -0.1) is 0 Å². The highest BCUT2D eigenvalue weighted by molar-refractivity contribution is 7.80. The molecule has 3 nitrogen and oxygen atoms in total. The van der Waals surface area contributed by atoms with Gasteiger partial charge in [0.15, 0.2) is 5.11 Å². The average Bonchev–Trinajstić information content (AvgIpc) is 2.26. The summed E-state index contributed by atoms with van der Waals surface area (Å²) in [5.41, 5.74) is 4.86. The molecule has 17 heavy (non-hydrogen) atoms. The van der Waals surface area contributed by atoms with E-state index in [1.807, 2.05) is 37.3 Å². The first-order valence-electron chi connectivity index (χ1n) is 5.56. The lowest BCUT2D eigenvalue weighted by molar-refractivity contribution is 0.583. The SMILES string of the molecule is C/C(=N\NC(=S)Nc1ccccc1)C(C)(C)C. The third-order valence-electron chi connectivity index (χ3n) is 2.44. The van der Waals surface area contributed by atoms with Crippen LogP contribution in [0.2, 0.25) is 0 Å². The molecule has 0 saturated heterocycles. The molecule has 0 radical (unpaired) electrons. The third-order valence-corrected chi connectivity index (χ3v) is 2.64. The number of benzene rings is 1. The molecule has 1 aromatic rings. The summed E-state index contributed by atoms with van der Waals surface area (Å²) in [6.07, 6.45) is 0. The number of para-hydroxylation sites is 1. The quantitative estimate of drug-likeness (QED) is 0.479. The Kier molecular flexibility index (Phi) is 4.63. The molecule has 0 saturated carbocycles. The molecule has 0 heterocycles. The van der Waals surface area contributed by atoms with E-state index in [0.717, 1.165) is 11.4 Å². The second kappa shape index (κ2) is 5.77. The Hall–Kier alpha value is -1.42. The van der Waals surface area contributed by atoms with Crippen LogP contribution in [0.15, 0.2) is 35.4 Å². The molecule has 0 amide bonds. The number of anilines is 1. The largest absolute Gasteiger partial charge is 0.331 e. The van der Waals surface area contributed by atoms with Gasteiger partial charge in [-0.2, -0.15) is 5.10 Å². The van der Waals surface area contributed by atoms with Crippen molar-refractivity contribution in [3.05, 3.63) is 30.3 Å². The first kappa shape index (κ1) is 13.6. The second-order valence-corrected chi connectivity index (χ2v) is 5.29. The molecule has 0 aromatic heterocycles. The molecule has 1 aromatic carbocycles. The molecule has 4 heteroatoms. The highest BCUT2D eigenvalue weighted by atomic mass is 32.1. The van der Waals surface area contributed by atoms with Crippen LogP contribution in [-0.4, -0.2) is 10.8 Å². The van der Waals surface area contributed by atoms with Crippen LogP contribution in [0.25, 0.3) is 0 Å². The molecule has 0 aliphatic rings. The molecule has 0 bridgehead atoms. The van der Waals surface area contributed by atoms with Crippen LogP contribution in [0.4, 0.5) is 5.69 Å². The van der Waals surface area contributed by atoms with E-state index >= 15 is 0 Å². The summed E-state index contributed by atoms with van der Waals surface area (Å²) in [4.78, 5) is 0. The van der Waals surface area contributed by atoms with E-state index < -0.39 is 0 Å². The van der Waals surface area contributed by atoms with Gasteiger partial charge in [0.25, 0.3) is 0 Å². The van der Waals surface area contributed by atoms with E-state index in [9.17, 15) is 0 Å². The fraction of sp³-hybridized carbons (Fsp3) is 0.385. The number of nitrogens with zero attached hydrogens (tertiary/aromatic N) is 1. The second-order valence-electron chi connectivity index (χ2n) is 4.88. The molecule has 1 rings (SSSR count). The van der Waals surface area contributed by atoms with Crippen LogP contribution < -0.4 is 10.7 Å². The molecule has 0 fully saturated rings. The predicted octanol–water partition coefficient (Wildman–Crippen LogP) is 3.40. The van der Waals surface area contributed by atoms with Gasteiger partial charge in [-0.3, -0.25) is 5.43 Å². The Morgan fingerprint density at radius 2 is 1.76 bits per heavy atom. The maximum atomic E-state index is 5.15. The van der Waals surface area contributed by atoms with Gasteiger partial charge < -0.3 is 5.32 Å². The number of thiocarbonyl (C=S) groups is 1. The first-order chi connectivity index (χ1) is 7.89. The van der Waals surface area contributed by atoms with Crippen molar-refractivity contribution in [2.24, 2.45) is 10.5 Å². The lowest BCUT2D eigenvalue weighted by Gasteiger charge is -2.18. The van der Waals surface area contributed by atoms with Gasteiger partial charge in [0.1, 0.15) is 0 Å². The minimum absolute atomic E-state index is 0.0510. The van der Waals surface area contributed by atoms with E-state index in [1.54, 1.807) is 0 Å². The van der Waals surface area contributed by atoms with E-state index in [4.69, 9.17) is 12.2 Å². The maximum Gasteiger partial charge on any atom is 0.191 e. The topological polar surface area (TPSA) is 36.4 Å². The molecule has 0 unspecified atom stereocenters. The van der Waals surface area contributed by atoms with E-state index in [2.05, 4.69) is 36.6 Å². The van der Waals surface area contributed by atoms with Gasteiger partial charge >= 0.3 is 0 Å². The summed E-state index contributed by atoms with van der Waals surface area (Å²) < 4.78 is 0. The molecular formula is C13H19N3S. The molecule has 2 N–H and O–H groups in total. The lowest BCUT2D eigenvalue weighted by atomic mass is 9.91. The predicted molar refractivity (Wildman–Crippen MR) is 78.4 cm³/mol. The summed E-state index contributed by atoms with van der Waals surface area (Å²) in [5.74, 6) is 0. The molecule has 0 aliphatic heterocycles. The molecule has 0 atom stereocenters. The van der Waals surface area contributed by atoms with Crippen molar-refractivity contribution >= 4 is 28.7 Å². The molecule has 0 aliphatic carbocycles. The van der Waals surface area contributed by atoms with Crippen molar-refractivity contribution in [3.63, 3.8) is 0 Å². The lowest BCUT2D eigenvalue weighted by Crippen LogP contribution is -2.27. The third kappa shape index (κ3) is 4.95. The number of hydrazone groups is 1. The summed E-state index contributed by atoms with van der Waals surface area (Å²) >= 11 is 5.15. The van der Waals surface area contributed by atoms with E-state index in [1.165, 1.54) is 0 Å². The van der Waals surface area contributed by atoms with Crippen molar-refractivity contribution in [2.45, 2.75) is 27.7 Å². The van der Waals surface area contributed by atoms with Crippen molar-refractivity contribution in [3.8, 4) is 0 Å². The maximum absolute atomic E-state index is 5.15. The highest BCUT2D eigenvalue weighted by Gasteiger charge is 2.14. The van der Waals surface area contributed by atoms with Crippen molar-refractivity contribution in [2.75, 3.05) is 5.32 Å². The summed E-state index contributed by atoms with van der Waals surface area (Å²) in [6, 6.07) is 9.77. The Morgan fingerprint density at radius 3 is 2.29 bits per heavy atom. The number of hydrogen-bond donors (Lipinski definition) is 2. The fourth-order valence-electron chi connectivity index (χ4n) is 0.983. The fourth-order valence-corrected chi connectivity index (χ4v) is 1.15. The normalized spacial score (nSPS) is 12.1. The Morgan fingerprint density at radius 1 is 1.18 bits per heavy atom. The zero-order valence-electron chi connectivity index (χ0n) is 10.7. The van der Waals surface area contributed by atoms with Gasteiger partial charge in [-0.05, 0) is 31.3 Å². The molecule has 0 spiro atoms. The minimum Gasteiger partial charge on any atom is -0.331 e. The standard InChI is InChI=1S/C13H19N3S/c1-10(13(2,3)4)15-16-12(17)14-11-8-6-5-7-9-11/h5-9H,1-4H3,(H2,14,16,17)/b15-10+. The van der Waals surface area contributed by atoms with Crippen LogP contribution in [0.3, 0.4) is 0 Å². The summed E-state index contributed by atoms with van der Waals surface area (Å²) in [6.45, 7) is 8.32. The van der Waals surface area contributed by atoms with Crippen molar-refractivity contribution < 1.29 is 0 Å². The summed E-state index contributed by atoms with van der Waals surface area (Å²) in [7, 11) is 0. The average molecular weight is 249 g/mol. The van der Waals surface area contributed by atoms with Crippen LogP contribution in [0, 0.1) is 5.41 Å². The highest BCUT2D eigenvalue weighted by Crippen LogP contribution is 2.14. The molecular weight excluding hydrogens is 230 g/mol. The Labute approximate surface area is 108 Å². The minimum atomic E-state index is 0.0510. The van der Waals surface area contributed by atoms with Crippen LogP contribution in [0.5, 0.6) is 0 Å². The van der Waals surface area contributed by atoms with Gasteiger partial charge in [0, 0.05) is 16.8 Å². The first-order valence-corrected chi connectivity index (χ1v) is 5.97. The smallest absolute Gasteiger partial charge is 0.191 e. The van der Waals surface area contributed by atoms with Gasteiger partial charge in [0.05, 0.1) is 0 Å². The number of hydrogen-bond acceptors (Lipinski definition) is 2. The monoisotopic (exact) mass is 249 g/mol. The number of rotatable bonds is 2. The zero-order valence-corrected chi connectivity index (χ0v) is 11.6. The molecule has 92 valence electrons. The Balaban J connectivity index is 2.52. The summed E-state index contributed by atoms with van der Waals surface area (Å²) in [5, 5.41) is 7.82. The van der Waals surface area contributed by atoms with Crippen molar-refractivity contribution in [1.29, 1.82) is 0 Å². The van der Waals surface area contributed by atoms with Crippen LogP contribution in [-0.2, 0) is 0 Å². The van der Waals surface area contributed by atoms with Gasteiger partial charge in [0.2, 0.25) is 0 Å². The van der Waals surface area contributed by atoms with Gasteiger partial charge in [-0.25, -0.2) is 0 Å². The van der Waals surface area contributed by atoms with E-state index in [0.29, 0.717) is 5.11 Å². The van der Waals surface area contributed by atoms with Gasteiger partial charge in [-0.1, -0.05) is 39.0 Å². The van der Waals surface area contributed by atoms with E-state index in [-0.39, 0.29) is 5.41 Å². The number of nitrogens with one attached hydrogen (secondary N) is 2. The van der Waals surface area contributed by atoms with Crippen LogP contribution >= 0.6 is 12.2 Å².